The number of hydrogen-bond donors (Lipinski definition) is 1. The summed E-state index contributed by atoms with van der Waals surface area (Å²) in [6.45, 7) is 6.63. The maximum Gasteiger partial charge on any atom is 0.0294 e. The molecule has 0 aliphatic heterocycles. The largest absolute Gasteiger partial charge is 0.324 e. The van der Waals surface area contributed by atoms with Crippen molar-refractivity contribution in [3.05, 3.63) is 35.4 Å². The van der Waals surface area contributed by atoms with Crippen LogP contribution in [0.3, 0.4) is 0 Å². The van der Waals surface area contributed by atoms with E-state index in [0.717, 1.165) is 6.42 Å². The van der Waals surface area contributed by atoms with Crippen LogP contribution in [0, 0.1) is 0 Å². The van der Waals surface area contributed by atoms with Gasteiger partial charge in [0.25, 0.3) is 0 Å². The predicted molar refractivity (Wildman–Crippen MR) is 67.0 cm³/mol. The summed E-state index contributed by atoms with van der Waals surface area (Å²) in [5.41, 5.74) is 8.77. The third kappa shape index (κ3) is 3.67. The van der Waals surface area contributed by atoms with E-state index in [1.807, 2.05) is 0 Å². The Kier molecular flexibility index (Phi) is 4.83. The van der Waals surface area contributed by atoms with Gasteiger partial charge in [0, 0.05) is 6.04 Å². The summed E-state index contributed by atoms with van der Waals surface area (Å²) in [4.78, 5) is 0. The Labute approximate surface area is 93.7 Å². The minimum atomic E-state index is 0.214. The molecule has 15 heavy (non-hydrogen) atoms. The van der Waals surface area contributed by atoms with Gasteiger partial charge in [-0.05, 0) is 23.5 Å². The highest BCUT2D eigenvalue weighted by molar-refractivity contribution is 5.26. The van der Waals surface area contributed by atoms with E-state index in [1.54, 1.807) is 0 Å². The average molecular weight is 205 g/mol. The first kappa shape index (κ1) is 12.3. The van der Waals surface area contributed by atoms with E-state index in [4.69, 9.17) is 5.73 Å². The molecule has 0 amide bonds. The highest BCUT2D eigenvalue weighted by Crippen LogP contribution is 2.20. The summed E-state index contributed by atoms with van der Waals surface area (Å²) >= 11 is 0. The van der Waals surface area contributed by atoms with Gasteiger partial charge >= 0.3 is 0 Å². The molecule has 1 aromatic carbocycles. The smallest absolute Gasteiger partial charge is 0.0294 e. The van der Waals surface area contributed by atoms with Crippen LogP contribution in [0.2, 0.25) is 0 Å². The summed E-state index contributed by atoms with van der Waals surface area (Å²) in [6.07, 6.45) is 3.53. The maximum atomic E-state index is 6.11. The van der Waals surface area contributed by atoms with Crippen LogP contribution in [0.4, 0.5) is 0 Å². The second-order valence-electron chi connectivity index (χ2n) is 4.57. The molecule has 0 bridgehead atoms. The molecule has 84 valence electrons. The molecule has 0 heterocycles. The minimum absolute atomic E-state index is 0.214. The molecule has 0 saturated heterocycles. The van der Waals surface area contributed by atoms with E-state index in [2.05, 4.69) is 45.0 Å². The van der Waals surface area contributed by atoms with Gasteiger partial charge in [0.1, 0.15) is 0 Å². The number of hydrogen-bond acceptors (Lipinski definition) is 1. The van der Waals surface area contributed by atoms with Crippen LogP contribution in [-0.2, 0) is 0 Å². The summed E-state index contributed by atoms with van der Waals surface area (Å²) < 4.78 is 0. The Bertz CT molecular complexity index is 274. The second kappa shape index (κ2) is 5.92. The standard InChI is InChI=1S/C14H23N/c1-4-5-6-14(15)13-9-7-12(8-10-13)11(2)3/h7-11,14H,4-6,15H2,1-3H3/t14-/m0/s1. The summed E-state index contributed by atoms with van der Waals surface area (Å²) in [6, 6.07) is 8.97. The minimum Gasteiger partial charge on any atom is -0.324 e. The third-order valence-electron chi connectivity index (χ3n) is 2.90. The molecule has 0 fully saturated rings. The topological polar surface area (TPSA) is 26.0 Å². The van der Waals surface area contributed by atoms with Crippen LogP contribution in [0.5, 0.6) is 0 Å². The first-order valence-corrected chi connectivity index (χ1v) is 6.00. The predicted octanol–water partition coefficient (Wildman–Crippen LogP) is 4.00. The molecular weight excluding hydrogens is 182 g/mol. The number of unbranched alkanes of at least 4 members (excludes halogenated alkanes) is 1. The van der Waals surface area contributed by atoms with Crippen molar-refractivity contribution < 1.29 is 0 Å². The van der Waals surface area contributed by atoms with Gasteiger partial charge in [-0.3, -0.25) is 0 Å². The summed E-state index contributed by atoms with van der Waals surface area (Å²) in [5, 5.41) is 0. The van der Waals surface area contributed by atoms with Crippen LogP contribution in [0.15, 0.2) is 24.3 Å². The first-order valence-electron chi connectivity index (χ1n) is 6.00. The zero-order valence-electron chi connectivity index (χ0n) is 10.2. The van der Waals surface area contributed by atoms with Gasteiger partial charge in [-0.1, -0.05) is 57.9 Å². The Morgan fingerprint density at radius 1 is 1.07 bits per heavy atom. The molecule has 0 spiro atoms. The third-order valence-corrected chi connectivity index (χ3v) is 2.90. The molecular formula is C14H23N. The van der Waals surface area contributed by atoms with E-state index in [9.17, 15) is 0 Å². The monoisotopic (exact) mass is 205 g/mol. The molecule has 1 atom stereocenters. The molecule has 0 unspecified atom stereocenters. The number of rotatable bonds is 5. The van der Waals surface area contributed by atoms with Crippen molar-refractivity contribution in [2.45, 2.75) is 52.0 Å². The number of benzene rings is 1. The molecule has 0 aromatic heterocycles. The molecule has 1 nitrogen and oxygen atoms in total. The van der Waals surface area contributed by atoms with Crippen LogP contribution >= 0.6 is 0 Å². The molecule has 1 heteroatoms. The maximum absolute atomic E-state index is 6.11. The van der Waals surface area contributed by atoms with E-state index >= 15 is 0 Å². The summed E-state index contributed by atoms with van der Waals surface area (Å²) in [7, 11) is 0. The van der Waals surface area contributed by atoms with Gasteiger partial charge in [-0.25, -0.2) is 0 Å². The second-order valence-corrected chi connectivity index (χ2v) is 4.57. The number of nitrogens with two attached hydrogens (primary N) is 1. The Morgan fingerprint density at radius 2 is 1.60 bits per heavy atom. The molecule has 0 saturated carbocycles. The fourth-order valence-corrected chi connectivity index (χ4v) is 1.72. The van der Waals surface area contributed by atoms with E-state index < -0.39 is 0 Å². The molecule has 2 N–H and O–H groups in total. The Morgan fingerprint density at radius 3 is 2.07 bits per heavy atom. The van der Waals surface area contributed by atoms with Crippen LogP contribution in [0.25, 0.3) is 0 Å². The SMILES string of the molecule is CCCC[C@H](N)c1ccc(C(C)C)cc1. The average Bonchev–Trinajstić information content (AvgIpc) is 2.26. The fraction of sp³-hybridized carbons (Fsp3) is 0.571. The lowest BCUT2D eigenvalue weighted by Gasteiger charge is -2.13. The van der Waals surface area contributed by atoms with Crippen molar-refractivity contribution in [2.24, 2.45) is 5.73 Å². The Hall–Kier alpha value is -0.820. The zero-order valence-corrected chi connectivity index (χ0v) is 10.2. The molecule has 0 aliphatic carbocycles. The van der Waals surface area contributed by atoms with Crippen molar-refractivity contribution in [1.82, 2.24) is 0 Å². The van der Waals surface area contributed by atoms with Crippen molar-refractivity contribution in [3.8, 4) is 0 Å². The first-order chi connectivity index (χ1) is 7.15. The molecule has 1 aromatic rings. The molecule has 0 aliphatic rings. The van der Waals surface area contributed by atoms with Crippen molar-refractivity contribution >= 4 is 0 Å². The highest BCUT2D eigenvalue weighted by Gasteiger charge is 2.05. The van der Waals surface area contributed by atoms with Gasteiger partial charge in [-0.15, -0.1) is 0 Å². The van der Waals surface area contributed by atoms with E-state index in [0.29, 0.717) is 5.92 Å². The van der Waals surface area contributed by atoms with E-state index in [-0.39, 0.29) is 6.04 Å². The van der Waals surface area contributed by atoms with Crippen molar-refractivity contribution in [3.63, 3.8) is 0 Å². The zero-order chi connectivity index (χ0) is 11.3. The highest BCUT2D eigenvalue weighted by atomic mass is 14.6. The molecule has 0 radical (unpaired) electrons. The van der Waals surface area contributed by atoms with Gasteiger partial charge in [0.05, 0.1) is 0 Å². The van der Waals surface area contributed by atoms with Crippen LogP contribution in [0.1, 0.15) is 63.1 Å². The van der Waals surface area contributed by atoms with Gasteiger partial charge in [0.2, 0.25) is 0 Å². The van der Waals surface area contributed by atoms with Crippen molar-refractivity contribution in [1.29, 1.82) is 0 Å². The lowest BCUT2D eigenvalue weighted by molar-refractivity contribution is 0.603. The Balaban J connectivity index is 2.62. The quantitative estimate of drug-likeness (QED) is 0.772. The van der Waals surface area contributed by atoms with Crippen LogP contribution in [-0.4, -0.2) is 0 Å². The fourth-order valence-electron chi connectivity index (χ4n) is 1.72. The molecule has 1 rings (SSSR count). The van der Waals surface area contributed by atoms with Gasteiger partial charge in [-0.2, -0.15) is 0 Å². The van der Waals surface area contributed by atoms with Gasteiger partial charge in [0.15, 0.2) is 0 Å². The van der Waals surface area contributed by atoms with Crippen LogP contribution < -0.4 is 5.73 Å². The lowest BCUT2D eigenvalue weighted by Crippen LogP contribution is -2.09. The van der Waals surface area contributed by atoms with Crippen molar-refractivity contribution in [2.75, 3.05) is 0 Å². The van der Waals surface area contributed by atoms with E-state index in [1.165, 1.54) is 24.0 Å². The lowest BCUT2D eigenvalue weighted by atomic mass is 9.97. The summed E-state index contributed by atoms with van der Waals surface area (Å²) in [5.74, 6) is 0.603. The van der Waals surface area contributed by atoms with Gasteiger partial charge < -0.3 is 5.73 Å². The normalized spacial score (nSPS) is 13.1.